The highest BCUT2D eigenvalue weighted by Crippen LogP contribution is 2.19. The maximum Gasteiger partial charge on any atom is 0.119 e. The summed E-state index contributed by atoms with van der Waals surface area (Å²) < 4.78 is 10.4. The van der Waals surface area contributed by atoms with E-state index in [4.69, 9.17) is 9.47 Å². The SMILES string of the molecule is CC[C@@H](O)c1ccc(OCCCOC)cc1. The summed E-state index contributed by atoms with van der Waals surface area (Å²) >= 11 is 0. The standard InChI is InChI=1S/C13H20O3/c1-3-13(14)11-5-7-12(8-6-11)16-10-4-9-15-2/h5-8,13-14H,3-4,9-10H2,1-2H3/t13-/m1/s1. The van der Waals surface area contributed by atoms with E-state index >= 15 is 0 Å². The van der Waals surface area contributed by atoms with E-state index in [0.29, 0.717) is 13.2 Å². The fraction of sp³-hybridized carbons (Fsp3) is 0.538. The first kappa shape index (κ1) is 13.0. The third kappa shape index (κ3) is 4.21. The van der Waals surface area contributed by atoms with Crippen molar-refractivity contribution in [3.05, 3.63) is 29.8 Å². The summed E-state index contributed by atoms with van der Waals surface area (Å²) in [6.07, 6.45) is 1.24. The molecule has 0 saturated heterocycles. The summed E-state index contributed by atoms with van der Waals surface area (Å²) in [5, 5.41) is 9.61. The summed E-state index contributed by atoms with van der Waals surface area (Å²) in [7, 11) is 1.68. The molecule has 0 fully saturated rings. The van der Waals surface area contributed by atoms with Gasteiger partial charge in [-0.3, -0.25) is 0 Å². The van der Waals surface area contributed by atoms with Crippen LogP contribution in [0.3, 0.4) is 0 Å². The number of rotatable bonds is 7. The molecule has 0 spiro atoms. The number of methoxy groups -OCH3 is 1. The third-order valence-corrected chi connectivity index (χ3v) is 2.41. The molecule has 0 unspecified atom stereocenters. The maximum atomic E-state index is 9.61. The molecule has 3 heteroatoms. The lowest BCUT2D eigenvalue weighted by Gasteiger charge is -2.10. The summed E-state index contributed by atoms with van der Waals surface area (Å²) in [6, 6.07) is 7.58. The predicted octanol–water partition coefficient (Wildman–Crippen LogP) is 2.55. The van der Waals surface area contributed by atoms with E-state index in [2.05, 4.69) is 0 Å². The van der Waals surface area contributed by atoms with Gasteiger partial charge in [0, 0.05) is 20.1 Å². The lowest BCUT2D eigenvalue weighted by Crippen LogP contribution is -2.01. The van der Waals surface area contributed by atoms with Gasteiger partial charge in [0.25, 0.3) is 0 Å². The van der Waals surface area contributed by atoms with Crippen LogP contribution in [0, 0.1) is 0 Å². The van der Waals surface area contributed by atoms with Crippen molar-refractivity contribution in [3.8, 4) is 5.75 Å². The Kier molecular flexibility index (Phi) is 5.90. The van der Waals surface area contributed by atoms with Crippen molar-refractivity contribution in [2.24, 2.45) is 0 Å². The molecule has 0 aliphatic rings. The number of hydrogen-bond donors (Lipinski definition) is 1. The molecule has 0 heterocycles. The van der Waals surface area contributed by atoms with Crippen LogP contribution in [0.4, 0.5) is 0 Å². The smallest absolute Gasteiger partial charge is 0.119 e. The topological polar surface area (TPSA) is 38.7 Å². The Morgan fingerprint density at radius 1 is 1.19 bits per heavy atom. The van der Waals surface area contributed by atoms with Crippen molar-refractivity contribution in [2.45, 2.75) is 25.9 Å². The minimum atomic E-state index is -0.373. The van der Waals surface area contributed by atoms with Crippen molar-refractivity contribution in [1.29, 1.82) is 0 Å². The number of aliphatic hydroxyl groups excluding tert-OH is 1. The van der Waals surface area contributed by atoms with Crippen molar-refractivity contribution >= 4 is 0 Å². The van der Waals surface area contributed by atoms with E-state index in [-0.39, 0.29) is 6.10 Å². The van der Waals surface area contributed by atoms with Crippen molar-refractivity contribution in [2.75, 3.05) is 20.3 Å². The largest absolute Gasteiger partial charge is 0.494 e. The van der Waals surface area contributed by atoms with Crippen LogP contribution in [0.15, 0.2) is 24.3 Å². The van der Waals surface area contributed by atoms with Gasteiger partial charge in [0.2, 0.25) is 0 Å². The first-order valence-electron chi connectivity index (χ1n) is 5.67. The maximum absolute atomic E-state index is 9.61. The fourth-order valence-corrected chi connectivity index (χ4v) is 1.42. The molecule has 1 N–H and O–H groups in total. The van der Waals surface area contributed by atoms with Gasteiger partial charge in [-0.25, -0.2) is 0 Å². The average Bonchev–Trinajstić information content (AvgIpc) is 2.34. The van der Waals surface area contributed by atoms with E-state index in [1.54, 1.807) is 7.11 Å². The molecule has 0 radical (unpaired) electrons. The van der Waals surface area contributed by atoms with E-state index < -0.39 is 0 Å². The van der Waals surface area contributed by atoms with Gasteiger partial charge < -0.3 is 14.6 Å². The molecule has 3 nitrogen and oxygen atoms in total. The number of benzene rings is 1. The van der Waals surface area contributed by atoms with Gasteiger partial charge in [-0.05, 0) is 24.1 Å². The van der Waals surface area contributed by atoms with Crippen LogP contribution >= 0.6 is 0 Å². The molecule has 16 heavy (non-hydrogen) atoms. The molecule has 1 aromatic carbocycles. The van der Waals surface area contributed by atoms with Crippen molar-refractivity contribution in [1.82, 2.24) is 0 Å². The number of ether oxygens (including phenoxy) is 2. The quantitative estimate of drug-likeness (QED) is 0.723. The summed E-state index contributed by atoms with van der Waals surface area (Å²) in [4.78, 5) is 0. The zero-order valence-corrected chi connectivity index (χ0v) is 9.98. The molecular formula is C13H20O3. The highest BCUT2D eigenvalue weighted by atomic mass is 16.5. The Bertz CT molecular complexity index is 282. The molecule has 1 rings (SSSR count). The highest BCUT2D eigenvalue weighted by molar-refractivity contribution is 5.28. The van der Waals surface area contributed by atoms with Crippen LogP contribution in [-0.4, -0.2) is 25.4 Å². The van der Waals surface area contributed by atoms with Crippen LogP contribution in [0.1, 0.15) is 31.4 Å². The molecule has 0 amide bonds. The Hall–Kier alpha value is -1.06. The highest BCUT2D eigenvalue weighted by Gasteiger charge is 2.03. The summed E-state index contributed by atoms with van der Waals surface area (Å²) in [5.41, 5.74) is 0.937. The second-order valence-corrected chi connectivity index (χ2v) is 3.69. The second-order valence-electron chi connectivity index (χ2n) is 3.69. The number of aliphatic hydroxyl groups is 1. The van der Waals surface area contributed by atoms with Crippen molar-refractivity contribution in [3.63, 3.8) is 0 Å². The van der Waals surface area contributed by atoms with E-state index in [9.17, 15) is 5.11 Å². The normalized spacial score (nSPS) is 12.4. The van der Waals surface area contributed by atoms with Gasteiger partial charge >= 0.3 is 0 Å². The van der Waals surface area contributed by atoms with Gasteiger partial charge in [0.15, 0.2) is 0 Å². The van der Waals surface area contributed by atoms with E-state index in [0.717, 1.165) is 24.2 Å². The Labute approximate surface area is 97.0 Å². The third-order valence-electron chi connectivity index (χ3n) is 2.41. The van der Waals surface area contributed by atoms with Crippen LogP contribution in [-0.2, 0) is 4.74 Å². The molecular weight excluding hydrogens is 204 g/mol. The predicted molar refractivity (Wildman–Crippen MR) is 63.7 cm³/mol. The molecule has 0 bridgehead atoms. The zero-order valence-electron chi connectivity index (χ0n) is 9.98. The van der Waals surface area contributed by atoms with Crippen molar-refractivity contribution < 1.29 is 14.6 Å². The van der Waals surface area contributed by atoms with Gasteiger partial charge in [0.05, 0.1) is 12.7 Å². The summed E-state index contributed by atoms with van der Waals surface area (Å²) in [6.45, 7) is 3.33. The van der Waals surface area contributed by atoms with E-state index in [1.807, 2.05) is 31.2 Å². The molecule has 0 saturated carbocycles. The number of hydrogen-bond acceptors (Lipinski definition) is 3. The molecule has 0 aliphatic carbocycles. The zero-order chi connectivity index (χ0) is 11.8. The Morgan fingerprint density at radius 2 is 1.88 bits per heavy atom. The lowest BCUT2D eigenvalue weighted by atomic mass is 10.1. The minimum Gasteiger partial charge on any atom is -0.494 e. The average molecular weight is 224 g/mol. The lowest BCUT2D eigenvalue weighted by molar-refractivity contribution is 0.171. The monoisotopic (exact) mass is 224 g/mol. The van der Waals surface area contributed by atoms with E-state index in [1.165, 1.54) is 0 Å². The van der Waals surface area contributed by atoms with Gasteiger partial charge in [-0.1, -0.05) is 19.1 Å². The van der Waals surface area contributed by atoms with Gasteiger partial charge in [-0.15, -0.1) is 0 Å². The molecule has 0 aromatic heterocycles. The van der Waals surface area contributed by atoms with Crippen LogP contribution in [0.2, 0.25) is 0 Å². The van der Waals surface area contributed by atoms with Crippen LogP contribution < -0.4 is 4.74 Å². The molecule has 1 aromatic rings. The summed E-state index contributed by atoms with van der Waals surface area (Å²) in [5.74, 6) is 0.836. The minimum absolute atomic E-state index is 0.373. The Morgan fingerprint density at radius 3 is 2.44 bits per heavy atom. The first-order valence-corrected chi connectivity index (χ1v) is 5.67. The molecule has 90 valence electrons. The molecule has 1 atom stereocenters. The van der Waals surface area contributed by atoms with Crippen LogP contribution in [0.5, 0.6) is 5.75 Å². The van der Waals surface area contributed by atoms with Gasteiger partial charge in [-0.2, -0.15) is 0 Å². The van der Waals surface area contributed by atoms with Crippen LogP contribution in [0.25, 0.3) is 0 Å². The first-order chi connectivity index (χ1) is 7.77. The Balaban J connectivity index is 2.39. The van der Waals surface area contributed by atoms with Gasteiger partial charge in [0.1, 0.15) is 5.75 Å². The second kappa shape index (κ2) is 7.25. The molecule has 0 aliphatic heterocycles. The fourth-order valence-electron chi connectivity index (χ4n) is 1.42.